The fourth-order valence-corrected chi connectivity index (χ4v) is 3.07. The third kappa shape index (κ3) is 3.11. The largest absolute Gasteiger partial charge is 0.394 e. The van der Waals surface area contributed by atoms with Gasteiger partial charge in [-0.1, -0.05) is 30.7 Å². The molecule has 1 aromatic rings. The van der Waals surface area contributed by atoms with Gasteiger partial charge in [-0.2, -0.15) is 0 Å². The molecule has 0 amide bonds. The van der Waals surface area contributed by atoms with E-state index in [0.717, 1.165) is 49.6 Å². The van der Waals surface area contributed by atoms with Crippen LogP contribution >= 0.6 is 11.6 Å². The van der Waals surface area contributed by atoms with Gasteiger partial charge in [-0.25, -0.2) is 0 Å². The summed E-state index contributed by atoms with van der Waals surface area (Å²) in [5.74, 6) is 0. The van der Waals surface area contributed by atoms with Crippen LogP contribution in [0.25, 0.3) is 0 Å². The van der Waals surface area contributed by atoms with E-state index < -0.39 is 0 Å². The van der Waals surface area contributed by atoms with Crippen molar-refractivity contribution in [3.8, 4) is 0 Å². The molecule has 1 unspecified atom stereocenters. The lowest BCUT2D eigenvalue weighted by Gasteiger charge is -2.42. The van der Waals surface area contributed by atoms with Crippen LogP contribution in [0.1, 0.15) is 25.3 Å². The van der Waals surface area contributed by atoms with Gasteiger partial charge in [0.1, 0.15) is 0 Å². The van der Waals surface area contributed by atoms with E-state index in [1.54, 1.807) is 0 Å². The monoisotopic (exact) mass is 282 g/mol. The summed E-state index contributed by atoms with van der Waals surface area (Å²) in [6.07, 6.45) is 2.01. The maximum atomic E-state index is 10.0. The zero-order chi connectivity index (χ0) is 13.7. The quantitative estimate of drug-likeness (QED) is 0.889. The van der Waals surface area contributed by atoms with Gasteiger partial charge in [0.25, 0.3) is 0 Å². The van der Waals surface area contributed by atoms with Gasteiger partial charge < -0.3 is 10.4 Å². The number of hydrogen-bond acceptors (Lipinski definition) is 3. The van der Waals surface area contributed by atoms with Crippen molar-refractivity contribution < 1.29 is 5.11 Å². The molecular weight excluding hydrogens is 260 g/mol. The van der Waals surface area contributed by atoms with E-state index in [1.807, 2.05) is 24.3 Å². The third-order valence-electron chi connectivity index (χ3n) is 4.17. The van der Waals surface area contributed by atoms with Crippen LogP contribution in [-0.2, 0) is 5.54 Å². The Bertz CT molecular complexity index is 382. The summed E-state index contributed by atoms with van der Waals surface area (Å²) in [5, 5.41) is 14.2. The van der Waals surface area contributed by atoms with E-state index in [0.29, 0.717) is 0 Å². The second-order valence-corrected chi connectivity index (χ2v) is 5.58. The molecule has 2 N–H and O–H groups in total. The number of nitrogens with zero attached hydrogens (tertiary/aromatic N) is 1. The first-order chi connectivity index (χ1) is 9.23. The summed E-state index contributed by atoms with van der Waals surface area (Å²) < 4.78 is 0. The van der Waals surface area contributed by atoms with Crippen LogP contribution in [0, 0.1) is 0 Å². The zero-order valence-electron chi connectivity index (χ0n) is 11.5. The molecule has 1 atom stereocenters. The summed E-state index contributed by atoms with van der Waals surface area (Å²) in [6, 6.07) is 7.90. The molecule has 0 saturated carbocycles. The second-order valence-electron chi connectivity index (χ2n) is 5.14. The predicted octanol–water partition coefficient (Wildman–Crippen LogP) is 2.23. The Hall–Kier alpha value is -0.610. The molecular formula is C15H23ClN2O. The molecule has 2 rings (SSSR count). The predicted molar refractivity (Wildman–Crippen MR) is 79.6 cm³/mol. The fourth-order valence-electron chi connectivity index (χ4n) is 2.95. The van der Waals surface area contributed by atoms with Crippen LogP contribution in [0.4, 0.5) is 0 Å². The summed E-state index contributed by atoms with van der Waals surface area (Å²) in [7, 11) is 0. The standard InChI is InChI=1S/C15H23ClN2O/c1-2-15(12-19,13-4-6-14(16)7-5-13)18-10-3-8-17-9-11-18/h4-7,17,19H,2-3,8-12H2,1H3. The fraction of sp³-hybridized carbons (Fsp3) is 0.600. The lowest BCUT2D eigenvalue weighted by Crippen LogP contribution is -2.50. The molecule has 1 saturated heterocycles. The molecule has 0 spiro atoms. The van der Waals surface area contributed by atoms with Crippen LogP contribution in [-0.4, -0.2) is 42.8 Å². The summed E-state index contributed by atoms with van der Waals surface area (Å²) >= 11 is 5.97. The minimum absolute atomic E-state index is 0.144. The maximum absolute atomic E-state index is 10.0. The number of hydrogen-bond donors (Lipinski definition) is 2. The minimum Gasteiger partial charge on any atom is -0.394 e. The summed E-state index contributed by atoms with van der Waals surface area (Å²) in [6.45, 7) is 6.31. The van der Waals surface area contributed by atoms with E-state index >= 15 is 0 Å². The van der Waals surface area contributed by atoms with E-state index in [9.17, 15) is 5.11 Å². The van der Waals surface area contributed by atoms with Gasteiger partial charge in [0.15, 0.2) is 0 Å². The number of rotatable bonds is 4. The first-order valence-electron chi connectivity index (χ1n) is 7.05. The lowest BCUT2D eigenvalue weighted by molar-refractivity contribution is 0.0268. The minimum atomic E-state index is -0.281. The second kappa shape index (κ2) is 6.71. The Morgan fingerprint density at radius 3 is 2.63 bits per heavy atom. The number of aliphatic hydroxyl groups is 1. The number of benzene rings is 1. The molecule has 1 aromatic carbocycles. The number of halogens is 1. The molecule has 1 fully saturated rings. The Morgan fingerprint density at radius 2 is 2.00 bits per heavy atom. The molecule has 0 bridgehead atoms. The van der Waals surface area contributed by atoms with Gasteiger partial charge in [0.05, 0.1) is 12.1 Å². The smallest absolute Gasteiger partial charge is 0.0691 e. The van der Waals surface area contributed by atoms with E-state index in [1.165, 1.54) is 0 Å². The van der Waals surface area contributed by atoms with Crippen molar-refractivity contribution in [3.63, 3.8) is 0 Å². The van der Waals surface area contributed by atoms with Gasteiger partial charge in [0, 0.05) is 24.7 Å². The topological polar surface area (TPSA) is 35.5 Å². The first-order valence-corrected chi connectivity index (χ1v) is 7.43. The molecule has 0 aliphatic carbocycles. The normalized spacial score (nSPS) is 20.8. The summed E-state index contributed by atoms with van der Waals surface area (Å²) in [4.78, 5) is 2.41. The molecule has 19 heavy (non-hydrogen) atoms. The van der Waals surface area contributed by atoms with Gasteiger partial charge in [0.2, 0.25) is 0 Å². The molecule has 1 aliphatic rings. The lowest BCUT2D eigenvalue weighted by atomic mass is 9.86. The van der Waals surface area contributed by atoms with E-state index in [2.05, 4.69) is 17.1 Å². The third-order valence-corrected chi connectivity index (χ3v) is 4.43. The van der Waals surface area contributed by atoms with Crippen molar-refractivity contribution >= 4 is 11.6 Å². The Labute approximate surface area is 120 Å². The molecule has 3 nitrogen and oxygen atoms in total. The first kappa shape index (κ1) is 14.8. The average molecular weight is 283 g/mol. The van der Waals surface area contributed by atoms with Crippen molar-refractivity contribution in [2.45, 2.75) is 25.3 Å². The summed E-state index contributed by atoms with van der Waals surface area (Å²) in [5.41, 5.74) is 0.875. The molecule has 0 aromatic heterocycles. The Balaban J connectivity index is 2.32. The average Bonchev–Trinajstić information content (AvgIpc) is 2.72. The van der Waals surface area contributed by atoms with Crippen molar-refractivity contribution in [1.82, 2.24) is 10.2 Å². The van der Waals surface area contributed by atoms with Crippen molar-refractivity contribution in [3.05, 3.63) is 34.9 Å². The number of aliphatic hydroxyl groups excluding tert-OH is 1. The van der Waals surface area contributed by atoms with E-state index in [-0.39, 0.29) is 12.1 Å². The van der Waals surface area contributed by atoms with Crippen LogP contribution in [0.3, 0.4) is 0 Å². The highest BCUT2D eigenvalue weighted by atomic mass is 35.5. The van der Waals surface area contributed by atoms with Crippen LogP contribution in [0.2, 0.25) is 5.02 Å². The molecule has 4 heteroatoms. The number of nitrogens with one attached hydrogen (secondary N) is 1. The van der Waals surface area contributed by atoms with Gasteiger partial charge in [-0.05, 0) is 37.1 Å². The molecule has 1 heterocycles. The molecule has 0 radical (unpaired) electrons. The highest BCUT2D eigenvalue weighted by Gasteiger charge is 2.36. The molecule has 1 aliphatic heterocycles. The van der Waals surface area contributed by atoms with Gasteiger partial charge >= 0.3 is 0 Å². The van der Waals surface area contributed by atoms with Crippen molar-refractivity contribution in [2.24, 2.45) is 0 Å². The van der Waals surface area contributed by atoms with Gasteiger partial charge in [-0.3, -0.25) is 4.90 Å². The van der Waals surface area contributed by atoms with Crippen LogP contribution in [0.15, 0.2) is 24.3 Å². The highest BCUT2D eigenvalue weighted by molar-refractivity contribution is 6.30. The Kier molecular flexibility index (Phi) is 5.22. The van der Waals surface area contributed by atoms with Crippen molar-refractivity contribution in [1.29, 1.82) is 0 Å². The van der Waals surface area contributed by atoms with Crippen molar-refractivity contribution in [2.75, 3.05) is 32.8 Å². The zero-order valence-corrected chi connectivity index (χ0v) is 12.3. The van der Waals surface area contributed by atoms with Gasteiger partial charge in [-0.15, -0.1) is 0 Å². The SMILES string of the molecule is CCC(CO)(c1ccc(Cl)cc1)N1CCCNCC1. The van der Waals surface area contributed by atoms with Crippen LogP contribution in [0.5, 0.6) is 0 Å². The Morgan fingerprint density at radius 1 is 1.26 bits per heavy atom. The highest BCUT2D eigenvalue weighted by Crippen LogP contribution is 2.33. The molecule has 106 valence electrons. The van der Waals surface area contributed by atoms with E-state index in [4.69, 9.17) is 11.6 Å². The van der Waals surface area contributed by atoms with Crippen LogP contribution < -0.4 is 5.32 Å². The maximum Gasteiger partial charge on any atom is 0.0691 e.